The van der Waals surface area contributed by atoms with Crippen LogP contribution >= 0.6 is 0 Å². The molecule has 0 fully saturated rings. The molecular weight excluding hydrogens is 175 g/mol. The molecule has 0 aliphatic rings. The van der Waals surface area contributed by atoms with Crippen LogP contribution in [0.25, 0.3) is 0 Å². The lowest BCUT2D eigenvalue weighted by atomic mass is 9.71. The Kier molecular flexibility index (Phi) is 6.46. The fourth-order valence-electron chi connectivity index (χ4n) is 1.34. The molecule has 14 heavy (non-hydrogen) atoms. The summed E-state index contributed by atoms with van der Waals surface area (Å²) in [6.07, 6.45) is 1.81. The first kappa shape index (κ1) is 14.0. The smallest absolute Gasteiger partial charge is 0.154 e. The Morgan fingerprint density at radius 1 is 1.36 bits per heavy atom. The summed E-state index contributed by atoms with van der Waals surface area (Å²) >= 11 is 0. The molecule has 3 heteroatoms. The molecule has 0 bridgehead atoms. The largest absolute Gasteiger partial charge is 0.402 e. The van der Waals surface area contributed by atoms with Crippen LogP contribution in [0.3, 0.4) is 0 Å². The average Bonchev–Trinajstić information content (AvgIpc) is 2.02. The number of aliphatic hydroxyl groups excluding tert-OH is 1. The van der Waals surface area contributed by atoms with Crippen LogP contribution in [0.15, 0.2) is 0 Å². The average molecular weight is 200 g/mol. The van der Waals surface area contributed by atoms with Gasteiger partial charge in [-0.05, 0) is 32.6 Å². The Balaban J connectivity index is 3.71. The second-order valence-electron chi connectivity index (χ2n) is 5.06. The highest BCUT2D eigenvalue weighted by Crippen LogP contribution is 2.17. The van der Waals surface area contributed by atoms with Crippen LogP contribution in [0.4, 0.5) is 0 Å². The molecule has 1 N–H and O–H groups in total. The second kappa shape index (κ2) is 6.47. The zero-order chi connectivity index (χ0) is 11.2. The van der Waals surface area contributed by atoms with Crippen LogP contribution in [0.2, 0.25) is 6.82 Å². The summed E-state index contributed by atoms with van der Waals surface area (Å²) in [6, 6.07) is -0.232. The van der Waals surface area contributed by atoms with Gasteiger partial charge >= 0.3 is 0 Å². The third-order valence-corrected chi connectivity index (χ3v) is 2.39. The molecule has 0 amide bonds. The first-order valence-corrected chi connectivity index (χ1v) is 5.69. The van der Waals surface area contributed by atoms with E-state index in [1.54, 1.807) is 0 Å². The Bertz CT molecular complexity index is 146. The second-order valence-corrected chi connectivity index (χ2v) is 5.06. The Hall–Kier alpha value is -0.0151. The molecule has 0 aromatic heterocycles. The molecule has 0 radical (unpaired) electrons. The van der Waals surface area contributed by atoms with Crippen molar-refractivity contribution in [1.29, 1.82) is 0 Å². The van der Waals surface area contributed by atoms with E-state index in [0.717, 1.165) is 26.7 Å². The topological polar surface area (TPSA) is 29.5 Å². The van der Waals surface area contributed by atoms with Crippen molar-refractivity contribution in [2.24, 2.45) is 5.92 Å². The van der Waals surface area contributed by atoms with Crippen molar-refractivity contribution < 1.29 is 9.84 Å². The van der Waals surface area contributed by atoms with Crippen LogP contribution in [0.5, 0.6) is 0 Å². The molecule has 0 saturated carbocycles. The van der Waals surface area contributed by atoms with Crippen LogP contribution in [0, 0.1) is 5.92 Å². The van der Waals surface area contributed by atoms with Crippen LogP contribution in [-0.4, -0.2) is 30.6 Å². The first-order valence-electron chi connectivity index (χ1n) is 5.69. The molecule has 0 aliphatic carbocycles. The van der Waals surface area contributed by atoms with E-state index < -0.39 is 0 Å². The molecule has 1 unspecified atom stereocenters. The number of aliphatic hydroxyl groups is 1. The summed E-state index contributed by atoms with van der Waals surface area (Å²) in [5.74, 6) is 0.682. The number of ether oxygens (including phenoxy) is 1. The summed E-state index contributed by atoms with van der Waals surface area (Å²) in [6.45, 7) is 11.3. The van der Waals surface area contributed by atoms with Crippen molar-refractivity contribution in [3.8, 4) is 0 Å². The van der Waals surface area contributed by atoms with Gasteiger partial charge in [0.2, 0.25) is 0 Å². The molecule has 0 saturated heterocycles. The molecule has 0 rings (SSSR count). The van der Waals surface area contributed by atoms with E-state index in [1.165, 1.54) is 0 Å². The zero-order valence-electron chi connectivity index (χ0n) is 10.3. The summed E-state index contributed by atoms with van der Waals surface area (Å²) in [5.41, 5.74) is -0.190. The molecule has 0 spiro atoms. The van der Waals surface area contributed by atoms with Crippen LogP contribution in [-0.2, 0) is 4.74 Å². The van der Waals surface area contributed by atoms with Gasteiger partial charge in [-0.3, -0.25) is 0 Å². The van der Waals surface area contributed by atoms with E-state index in [4.69, 9.17) is 4.74 Å². The standard InChI is InChI=1S/C11H25BO2/c1-9(2)6-7-14-11(3,4)8-10(13)12-5/h9-10,12-13H,6-8H2,1-5H3. The van der Waals surface area contributed by atoms with Gasteiger partial charge in [-0.1, -0.05) is 20.7 Å². The van der Waals surface area contributed by atoms with Crippen LogP contribution in [0.1, 0.15) is 40.5 Å². The molecule has 0 aromatic rings. The summed E-state index contributed by atoms with van der Waals surface area (Å²) in [4.78, 5) is 0. The quantitative estimate of drug-likeness (QED) is 0.637. The van der Waals surface area contributed by atoms with Crippen molar-refractivity contribution in [1.82, 2.24) is 0 Å². The van der Waals surface area contributed by atoms with Crippen molar-refractivity contribution in [3.05, 3.63) is 0 Å². The van der Waals surface area contributed by atoms with Gasteiger partial charge in [0, 0.05) is 12.6 Å². The normalized spacial score (nSPS) is 14.5. The predicted molar refractivity (Wildman–Crippen MR) is 63.1 cm³/mol. The van der Waals surface area contributed by atoms with E-state index in [9.17, 15) is 5.11 Å². The van der Waals surface area contributed by atoms with Crippen molar-refractivity contribution in [2.75, 3.05) is 6.61 Å². The number of hydrogen-bond donors (Lipinski definition) is 1. The summed E-state index contributed by atoms with van der Waals surface area (Å²) in [7, 11) is 0.803. The molecule has 0 heterocycles. The molecule has 2 nitrogen and oxygen atoms in total. The van der Waals surface area contributed by atoms with E-state index in [0.29, 0.717) is 5.92 Å². The maximum absolute atomic E-state index is 9.52. The monoisotopic (exact) mass is 200 g/mol. The highest BCUT2D eigenvalue weighted by Gasteiger charge is 2.22. The first-order chi connectivity index (χ1) is 6.37. The molecule has 0 aromatic carbocycles. The fraction of sp³-hybridized carbons (Fsp3) is 1.00. The van der Waals surface area contributed by atoms with E-state index >= 15 is 0 Å². The van der Waals surface area contributed by atoms with Gasteiger partial charge < -0.3 is 9.84 Å². The van der Waals surface area contributed by atoms with Gasteiger partial charge in [0.05, 0.1) is 5.60 Å². The van der Waals surface area contributed by atoms with E-state index in [-0.39, 0.29) is 11.6 Å². The maximum Gasteiger partial charge on any atom is 0.154 e. The van der Waals surface area contributed by atoms with Crippen molar-refractivity contribution in [2.45, 2.75) is 59.0 Å². The van der Waals surface area contributed by atoms with Crippen molar-refractivity contribution in [3.63, 3.8) is 0 Å². The summed E-state index contributed by atoms with van der Waals surface area (Å²) in [5, 5.41) is 9.52. The van der Waals surface area contributed by atoms with Gasteiger partial charge in [0.15, 0.2) is 7.28 Å². The van der Waals surface area contributed by atoms with Gasteiger partial charge in [-0.25, -0.2) is 0 Å². The minimum atomic E-state index is -0.232. The van der Waals surface area contributed by atoms with E-state index in [1.807, 2.05) is 20.7 Å². The minimum Gasteiger partial charge on any atom is -0.402 e. The minimum absolute atomic E-state index is 0.190. The summed E-state index contributed by atoms with van der Waals surface area (Å²) < 4.78 is 5.75. The molecule has 84 valence electrons. The maximum atomic E-state index is 9.52. The Morgan fingerprint density at radius 3 is 2.36 bits per heavy atom. The van der Waals surface area contributed by atoms with Gasteiger partial charge in [0.25, 0.3) is 0 Å². The lowest BCUT2D eigenvalue weighted by Crippen LogP contribution is -2.32. The SMILES string of the molecule is CBC(O)CC(C)(C)OCCC(C)C. The predicted octanol–water partition coefficient (Wildman–Crippen LogP) is 2.02. The van der Waals surface area contributed by atoms with Crippen molar-refractivity contribution >= 4 is 7.28 Å². The Morgan fingerprint density at radius 2 is 1.93 bits per heavy atom. The van der Waals surface area contributed by atoms with E-state index in [2.05, 4.69) is 13.8 Å². The molecular formula is C11H25BO2. The van der Waals surface area contributed by atoms with Gasteiger partial charge in [-0.2, -0.15) is 0 Å². The highest BCUT2D eigenvalue weighted by atomic mass is 16.5. The van der Waals surface area contributed by atoms with Gasteiger partial charge in [0.1, 0.15) is 0 Å². The van der Waals surface area contributed by atoms with Gasteiger partial charge in [-0.15, -0.1) is 0 Å². The lowest BCUT2D eigenvalue weighted by Gasteiger charge is -2.27. The number of hydrogen-bond acceptors (Lipinski definition) is 2. The third kappa shape index (κ3) is 7.39. The highest BCUT2D eigenvalue weighted by molar-refractivity contribution is 6.35. The van der Waals surface area contributed by atoms with Crippen LogP contribution < -0.4 is 0 Å². The fourth-order valence-corrected chi connectivity index (χ4v) is 1.34. The molecule has 1 atom stereocenters. The third-order valence-electron chi connectivity index (χ3n) is 2.39. The lowest BCUT2D eigenvalue weighted by molar-refractivity contribution is -0.0418. The Labute approximate surface area is 89.3 Å². The number of rotatable bonds is 7. The molecule has 0 aliphatic heterocycles. The zero-order valence-corrected chi connectivity index (χ0v) is 10.3.